The molecule has 45 heavy (non-hydrogen) atoms. The summed E-state index contributed by atoms with van der Waals surface area (Å²) in [5, 5.41) is 15.2. The lowest BCUT2D eigenvalue weighted by atomic mass is 9.92. The average Bonchev–Trinajstić information content (AvgIpc) is 3.80. The molecule has 0 aromatic heterocycles. The molecule has 1 fully saturated rings. The lowest BCUT2D eigenvalue weighted by molar-refractivity contribution is -0.179. The van der Waals surface area contributed by atoms with Gasteiger partial charge in [0.1, 0.15) is 24.0 Å². The van der Waals surface area contributed by atoms with E-state index in [1.54, 1.807) is 32.1 Å². The smallest absolute Gasteiger partial charge is 0.347 e. The number of carbonyl (C=O) groups excluding carboxylic acids is 4. The summed E-state index contributed by atoms with van der Waals surface area (Å²) in [6.45, 7) is 8.92. The van der Waals surface area contributed by atoms with Gasteiger partial charge in [0.2, 0.25) is 11.8 Å². The summed E-state index contributed by atoms with van der Waals surface area (Å²) in [7, 11) is 0. The van der Waals surface area contributed by atoms with Gasteiger partial charge < -0.3 is 30.0 Å². The van der Waals surface area contributed by atoms with Gasteiger partial charge in [-0.05, 0) is 55.5 Å². The van der Waals surface area contributed by atoms with Gasteiger partial charge in [-0.3, -0.25) is 14.4 Å². The first-order chi connectivity index (χ1) is 21.3. The summed E-state index contributed by atoms with van der Waals surface area (Å²) in [6.07, 6.45) is 1.38. The molecule has 2 aliphatic rings. The fourth-order valence-corrected chi connectivity index (χ4v) is 5.26. The molecule has 242 valence electrons. The summed E-state index contributed by atoms with van der Waals surface area (Å²) in [5.41, 5.74) is 0.558. The normalized spacial score (nSPS) is 27.5. The van der Waals surface area contributed by atoms with Crippen LogP contribution in [0.3, 0.4) is 0 Å². The van der Waals surface area contributed by atoms with Crippen molar-refractivity contribution in [1.29, 1.82) is 0 Å². The second kappa shape index (κ2) is 14.7. The number of epoxide rings is 1. The predicted octanol–water partition coefficient (Wildman–Crippen LogP) is 4.17. The molecule has 0 radical (unpaired) electrons. The van der Waals surface area contributed by atoms with E-state index in [9.17, 15) is 24.3 Å². The summed E-state index contributed by atoms with van der Waals surface area (Å²) in [4.78, 5) is 53.2. The number of phenols is 1. The van der Waals surface area contributed by atoms with Gasteiger partial charge in [-0.25, -0.2) is 4.79 Å². The number of carbonyl (C=O) groups is 4. The van der Waals surface area contributed by atoms with Crippen LogP contribution >= 0.6 is 0 Å². The van der Waals surface area contributed by atoms with Crippen LogP contribution in [0.5, 0.6) is 5.75 Å². The van der Waals surface area contributed by atoms with Crippen molar-refractivity contribution in [1.82, 2.24) is 10.6 Å². The Labute approximate surface area is 264 Å². The van der Waals surface area contributed by atoms with Crippen molar-refractivity contribution >= 4 is 23.8 Å². The summed E-state index contributed by atoms with van der Waals surface area (Å²) < 4.78 is 17.8. The first-order valence-corrected chi connectivity index (χ1v) is 15.5. The molecule has 2 amide bonds. The third kappa shape index (κ3) is 9.41. The highest BCUT2D eigenvalue weighted by Gasteiger charge is 2.48. The quantitative estimate of drug-likeness (QED) is 0.309. The van der Waals surface area contributed by atoms with E-state index in [0.29, 0.717) is 0 Å². The zero-order valence-electron chi connectivity index (χ0n) is 26.5. The van der Waals surface area contributed by atoms with E-state index in [4.69, 9.17) is 14.2 Å². The molecule has 0 saturated carbocycles. The van der Waals surface area contributed by atoms with Gasteiger partial charge in [-0.15, -0.1) is 0 Å². The van der Waals surface area contributed by atoms with Gasteiger partial charge in [-0.2, -0.15) is 0 Å². The molecule has 0 aliphatic carbocycles. The number of hydrogen-bond donors (Lipinski definition) is 3. The first kappa shape index (κ1) is 33.7. The van der Waals surface area contributed by atoms with Gasteiger partial charge >= 0.3 is 11.9 Å². The number of amides is 2. The zero-order valence-corrected chi connectivity index (χ0v) is 26.5. The molecule has 0 unspecified atom stereocenters. The van der Waals surface area contributed by atoms with E-state index in [2.05, 4.69) is 10.6 Å². The largest absolute Gasteiger partial charge is 0.508 e. The molecular weight excluding hydrogens is 576 g/mol. The van der Waals surface area contributed by atoms with E-state index in [-0.39, 0.29) is 55.6 Å². The Morgan fingerprint density at radius 3 is 2.31 bits per heavy atom. The predicted molar refractivity (Wildman–Crippen MR) is 167 cm³/mol. The number of aromatic hydroxyl groups is 1. The third-order valence-corrected chi connectivity index (χ3v) is 8.13. The fourth-order valence-electron chi connectivity index (χ4n) is 5.26. The topological polar surface area (TPSA) is 144 Å². The second-order valence-electron chi connectivity index (χ2n) is 13.0. The van der Waals surface area contributed by atoms with Crippen LogP contribution < -0.4 is 10.6 Å². The minimum Gasteiger partial charge on any atom is -0.508 e. The van der Waals surface area contributed by atoms with Gasteiger partial charge in [0.25, 0.3) is 0 Å². The van der Waals surface area contributed by atoms with Crippen LogP contribution in [0.4, 0.5) is 0 Å². The Morgan fingerprint density at radius 2 is 1.64 bits per heavy atom. The van der Waals surface area contributed by atoms with Crippen molar-refractivity contribution in [3.63, 3.8) is 0 Å². The zero-order chi connectivity index (χ0) is 32.7. The number of cyclic esters (lactones) is 2. The number of ether oxygens (including phenoxy) is 3. The molecule has 1 saturated heterocycles. The van der Waals surface area contributed by atoms with Crippen LogP contribution in [0.2, 0.25) is 0 Å². The fraction of sp³-hybridized carbons (Fsp3) is 0.486. The molecule has 0 spiro atoms. The third-order valence-electron chi connectivity index (χ3n) is 8.13. The maximum Gasteiger partial charge on any atom is 0.347 e. The van der Waals surface area contributed by atoms with Crippen LogP contribution in [-0.4, -0.2) is 59.8 Å². The van der Waals surface area contributed by atoms with Crippen molar-refractivity contribution in [3.8, 4) is 5.75 Å². The monoisotopic (exact) mass is 620 g/mol. The number of rotatable bonds is 7. The van der Waals surface area contributed by atoms with E-state index in [1.165, 1.54) is 18.2 Å². The summed E-state index contributed by atoms with van der Waals surface area (Å²) >= 11 is 0. The Morgan fingerprint density at radius 1 is 0.956 bits per heavy atom. The molecule has 4 rings (SSSR count). The van der Waals surface area contributed by atoms with Crippen molar-refractivity contribution in [2.45, 2.75) is 84.3 Å². The van der Waals surface area contributed by atoms with E-state index in [0.717, 1.165) is 11.1 Å². The van der Waals surface area contributed by atoms with Crippen molar-refractivity contribution in [2.75, 3.05) is 6.54 Å². The van der Waals surface area contributed by atoms with Crippen LogP contribution in [0.25, 0.3) is 0 Å². The molecule has 10 nitrogen and oxygen atoms in total. The average molecular weight is 621 g/mol. The maximum atomic E-state index is 13.5. The Hall–Kier alpha value is -4.18. The molecule has 3 N–H and O–H groups in total. The summed E-state index contributed by atoms with van der Waals surface area (Å²) in [5.74, 6) is -2.44. The molecule has 6 atom stereocenters. The highest BCUT2D eigenvalue weighted by molar-refractivity contribution is 5.93. The lowest BCUT2D eigenvalue weighted by Crippen LogP contribution is -2.51. The number of phenolic OH excluding ortho intramolecular Hbond substituents is 1. The number of esters is 2. The Bertz CT molecular complexity index is 1370. The molecule has 0 bridgehead atoms. The maximum absolute atomic E-state index is 13.5. The van der Waals surface area contributed by atoms with Crippen LogP contribution in [0, 0.1) is 17.3 Å². The van der Waals surface area contributed by atoms with E-state index in [1.807, 2.05) is 51.1 Å². The lowest BCUT2D eigenvalue weighted by Gasteiger charge is -2.29. The molecule has 2 aliphatic heterocycles. The van der Waals surface area contributed by atoms with Gasteiger partial charge in [0, 0.05) is 25.3 Å². The van der Waals surface area contributed by atoms with Gasteiger partial charge in [0.15, 0.2) is 6.10 Å². The van der Waals surface area contributed by atoms with Crippen molar-refractivity contribution < 1.29 is 38.5 Å². The Kier molecular flexibility index (Phi) is 11.0. The van der Waals surface area contributed by atoms with Gasteiger partial charge in [0.05, 0.1) is 11.5 Å². The second-order valence-corrected chi connectivity index (χ2v) is 13.0. The highest BCUT2D eigenvalue weighted by atomic mass is 16.6. The van der Waals surface area contributed by atoms with Gasteiger partial charge in [-0.1, -0.05) is 69.3 Å². The SMILES string of the molecule is CC(C)C[C@@H]1OC(=O)C(C)(C)CNC(=O)[C@@H](Cc2ccc(O)cc2)NC(=O)/C=C/C[C@@H]([C@H](C)[C@H]2O[C@@H]2c2ccccc2)OC1=O. The van der Waals surface area contributed by atoms with E-state index < -0.39 is 47.4 Å². The highest BCUT2D eigenvalue weighted by Crippen LogP contribution is 2.45. The first-order valence-electron chi connectivity index (χ1n) is 15.5. The van der Waals surface area contributed by atoms with E-state index >= 15 is 0 Å². The number of nitrogens with one attached hydrogen (secondary N) is 2. The molecule has 2 aromatic rings. The molecular formula is C35H44N2O8. The van der Waals surface area contributed by atoms with Crippen LogP contribution in [0.1, 0.15) is 64.7 Å². The molecule has 2 heterocycles. The number of benzene rings is 2. The van der Waals surface area contributed by atoms with Crippen molar-refractivity contribution in [3.05, 3.63) is 77.9 Å². The number of hydrogen-bond acceptors (Lipinski definition) is 8. The molecule has 10 heteroatoms. The Balaban J connectivity index is 1.60. The minimum atomic E-state index is -1.19. The van der Waals surface area contributed by atoms with Crippen LogP contribution in [0.15, 0.2) is 66.7 Å². The minimum absolute atomic E-state index is 0.0260. The van der Waals surface area contributed by atoms with Crippen LogP contribution in [-0.2, 0) is 39.8 Å². The van der Waals surface area contributed by atoms with Crippen molar-refractivity contribution in [2.24, 2.45) is 17.3 Å². The standard InChI is InChI=1S/C35H44N2O8/c1-21(2)18-28-33(41)43-27(22(3)30-31(45-30)24-10-7-6-8-11-24)12-9-13-29(39)37-26(19-23-14-16-25(38)17-15-23)32(40)36-20-35(4,5)34(42)44-28/h6-11,13-17,21-22,26-28,30-31,38H,12,18-20H2,1-5H3,(H,36,40)(H,37,39)/b13-9+/t22-,26+,27-,28-,30+,31+/m0/s1. The summed E-state index contributed by atoms with van der Waals surface area (Å²) in [6, 6.07) is 15.2. The molecule has 2 aromatic carbocycles.